The highest BCUT2D eigenvalue weighted by atomic mass is 35.5. The number of halogens is 3. The third-order valence-electron chi connectivity index (χ3n) is 1.63. The van der Waals surface area contributed by atoms with Crippen molar-refractivity contribution >= 4 is 11.6 Å². The Morgan fingerprint density at radius 2 is 2.29 bits per heavy atom. The number of aliphatic hydroxyl groups excluding tert-OH is 1. The summed E-state index contributed by atoms with van der Waals surface area (Å²) in [6.07, 6.45) is -1.86. The van der Waals surface area contributed by atoms with Crippen molar-refractivity contribution in [2.45, 2.75) is 13.0 Å². The summed E-state index contributed by atoms with van der Waals surface area (Å²) < 4.78 is 24.9. The lowest BCUT2D eigenvalue weighted by Gasteiger charge is -2.07. The van der Waals surface area contributed by atoms with Crippen LogP contribution < -0.4 is 0 Å². The van der Waals surface area contributed by atoms with Gasteiger partial charge >= 0.3 is 0 Å². The van der Waals surface area contributed by atoms with Gasteiger partial charge in [0.15, 0.2) is 0 Å². The van der Waals surface area contributed by atoms with Crippen molar-refractivity contribution in [3.63, 3.8) is 0 Å². The predicted molar refractivity (Wildman–Crippen MR) is 44.8 cm³/mol. The maximum Gasteiger partial charge on any atom is 0.266 e. The number of hydrogen-bond donors (Lipinski definition) is 1. The Hall–Kier alpha value is -1.25. The molecule has 0 aliphatic rings. The first kappa shape index (κ1) is 10.8. The van der Waals surface area contributed by atoms with Crippen LogP contribution in [0.15, 0.2) is 6.20 Å². The Balaban J connectivity index is 3.45. The van der Waals surface area contributed by atoms with Gasteiger partial charge in [-0.1, -0.05) is 11.6 Å². The van der Waals surface area contributed by atoms with Gasteiger partial charge in [-0.05, 0) is 0 Å². The minimum atomic E-state index is -2.86. The molecule has 3 nitrogen and oxygen atoms in total. The van der Waals surface area contributed by atoms with Gasteiger partial charge in [-0.2, -0.15) is 5.26 Å². The van der Waals surface area contributed by atoms with Crippen molar-refractivity contribution in [1.82, 2.24) is 4.98 Å². The van der Waals surface area contributed by atoms with E-state index in [2.05, 4.69) is 4.98 Å². The van der Waals surface area contributed by atoms with Crippen LogP contribution in [0.25, 0.3) is 0 Å². The van der Waals surface area contributed by atoms with Crippen LogP contribution in [0.3, 0.4) is 0 Å². The molecule has 0 atom stereocenters. The molecule has 0 radical (unpaired) electrons. The third-order valence-corrected chi connectivity index (χ3v) is 1.93. The average Bonchev–Trinajstić information content (AvgIpc) is 2.16. The second-order valence-electron chi connectivity index (χ2n) is 2.41. The normalized spacial score (nSPS) is 10.3. The summed E-state index contributed by atoms with van der Waals surface area (Å²) in [4.78, 5) is 3.57. The number of aromatic nitrogens is 1. The van der Waals surface area contributed by atoms with Gasteiger partial charge in [-0.15, -0.1) is 0 Å². The van der Waals surface area contributed by atoms with E-state index >= 15 is 0 Å². The molecule has 0 saturated heterocycles. The van der Waals surface area contributed by atoms with Gasteiger partial charge in [0.1, 0.15) is 6.07 Å². The van der Waals surface area contributed by atoms with Crippen LogP contribution in [-0.4, -0.2) is 10.1 Å². The van der Waals surface area contributed by atoms with Gasteiger partial charge in [0.2, 0.25) is 0 Å². The van der Waals surface area contributed by atoms with Crippen LogP contribution in [-0.2, 0) is 6.61 Å². The maximum absolute atomic E-state index is 12.4. The molecule has 14 heavy (non-hydrogen) atoms. The summed E-state index contributed by atoms with van der Waals surface area (Å²) in [6.45, 7) is -0.570. The zero-order valence-corrected chi connectivity index (χ0v) is 7.59. The monoisotopic (exact) mass is 218 g/mol. The van der Waals surface area contributed by atoms with Gasteiger partial charge in [-0.3, -0.25) is 4.98 Å². The molecule has 74 valence electrons. The van der Waals surface area contributed by atoms with E-state index in [0.717, 1.165) is 6.20 Å². The standard InChI is InChI=1S/C8H5ClF2N2O/c9-5-2-13-6(3-14)4(1-12)7(5)8(10)11/h2,8,14H,3H2. The average molecular weight is 219 g/mol. The smallest absolute Gasteiger partial charge is 0.266 e. The summed E-state index contributed by atoms with van der Waals surface area (Å²) in [7, 11) is 0. The van der Waals surface area contributed by atoms with Gasteiger partial charge in [0.25, 0.3) is 6.43 Å². The summed E-state index contributed by atoms with van der Waals surface area (Å²) in [5.74, 6) is 0. The van der Waals surface area contributed by atoms with Crippen LogP contribution >= 0.6 is 11.6 Å². The number of alkyl halides is 2. The Labute approximate surface area is 83.6 Å². The quantitative estimate of drug-likeness (QED) is 0.826. The van der Waals surface area contributed by atoms with Crippen molar-refractivity contribution in [3.05, 3.63) is 28.0 Å². The molecule has 0 aliphatic carbocycles. The number of nitrogens with zero attached hydrogens (tertiary/aromatic N) is 2. The number of aliphatic hydroxyl groups is 1. The molecule has 0 spiro atoms. The van der Waals surface area contributed by atoms with E-state index in [1.165, 1.54) is 0 Å². The van der Waals surface area contributed by atoms with Crippen LogP contribution in [0.5, 0.6) is 0 Å². The van der Waals surface area contributed by atoms with Crippen molar-refractivity contribution in [1.29, 1.82) is 5.26 Å². The van der Waals surface area contributed by atoms with Crippen LogP contribution in [0.2, 0.25) is 5.02 Å². The lowest BCUT2D eigenvalue weighted by molar-refractivity contribution is 0.150. The molecule has 6 heteroatoms. The zero-order chi connectivity index (χ0) is 10.7. The van der Waals surface area contributed by atoms with Crippen molar-refractivity contribution in [2.24, 2.45) is 0 Å². The van der Waals surface area contributed by atoms with E-state index in [9.17, 15) is 8.78 Å². The molecule has 0 fully saturated rings. The van der Waals surface area contributed by atoms with Crippen molar-refractivity contribution < 1.29 is 13.9 Å². The van der Waals surface area contributed by atoms with Gasteiger partial charge in [-0.25, -0.2) is 8.78 Å². The molecule has 0 bridgehead atoms. The summed E-state index contributed by atoms with van der Waals surface area (Å²) in [5.41, 5.74) is -1.02. The fraction of sp³-hybridized carbons (Fsp3) is 0.250. The SMILES string of the molecule is N#Cc1c(CO)ncc(Cl)c1C(F)F. The first-order chi connectivity index (χ1) is 6.61. The molecule has 0 aliphatic heterocycles. The topological polar surface area (TPSA) is 56.9 Å². The molecule has 0 unspecified atom stereocenters. The predicted octanol–water partition coefficient (Wildman–Crippen LogP) is 2.04. The van der Waals surface area contributed by atoms with Crippen LogP contribution in [0.1, 0.15) is 23.2 Å². The summed E-state index contributed by atoms with van der Waals surface area (Å²) >= 11 is 5.46. The lowest BCUT2D eigenvalue weighted by Crippen LogP contribution is -2.01. The van der Waals surface area contributed by atoms with E-state index in [1.807, 2.05) is 0 Å². The Morgan fingerprint density at radius 1 is 1.64 bits per heavy atom. The van der Waals surface area contributed by atoms with Gasteiger partial charge < -0.3 is 5.11 Å². The molecular formula is C8H5ClF2N2O. The highest BCUT2D eigenvalue weighted by Gasteiger charge is 2.20. The Morgan fingerprint density at radius 3 is 2.71 bits per heavy atom. The van der Waals surface area contributed by atoms with E-state index in [4.69, 9.17) is 22.0 Å². The molecule has 1 heterocycles. The molecule has 0 saturated carbocycles. The highest BCUT2D eigenvalue weighted by molar-refractivity contribution is 6.31. The first-order valence-corrected chi connectivity index (χ1v) is 3.96. The minimum Gasteiger partial charge on any atom is -0.390 e. The molecule has 0 aromatic carbocycles. The lowest BCUT2D eigenvalue weighted by atomic mass is 10.1. The van der Waals surface area contributed by atoms with E-state index in [1.54, 1.807) is 6.07 Å². The van der Waals surface area contributed by atoms with E-state index < -0.39 is 18.6 Å². The number of nitriles is 1. The zero-order valence-electron chi connectivity index (χ0n) is 6.84. The third kappa shape index (κ3) is 1.81. The van der Waals surface area contributed by atoms with Gasteiger partial charge in [0, 0.05) is 6.20 Å². The molecule has 1 rings (SSSR count). The number of hydrogen-bond acceptors (Lipinski definition) is 3. The van der Waals surface area contributed by atoms with Crippen molar-refractivity contribution in [2.75, 3.05) is 0 Å². The molecule has 1 aromatic rings. The Bertz CT molecular complexity index is 390. The second kappa shape index (κ2) is 4.31. The van der Waals surface area contributed by atoms with E-state index in [-0.39, 0.29) is 16.3 Å². The van der Waals surface area contributed by atoms with Crippen molar-refractivity contribution in [3.8, 4) is 6.07 Å². The van der Waals surface area contributed by atoms with Gasteiger partial charge in [0.05, 0.1) is 28.5 Å². The fourth-order valence-electron chi connectivity index (χ4n) is 1.00. The summed E-state index contributed by atoms with van der Waals surface area (Å²) in [5, 5.41) is 17.1. The first-order valence-electron chi connectivity index (χ1n) is 3.58. The second-order valence-corrected chi connectivity index (χ2v) is 2.82. The minimum absolute atomic E-state index is 0.0906. The molecule has 1 aromatic heterocycles. The highest BCUT2D eigenvalue weighted by Crippen LogP contribution is 2.30. The largest absolute Gasteiger partial charge is 0.390 e. The molecular weight excluding hydrogens is 214 g/mol. The molecule has 0 amide bonds. The summed E-state index contributed by atoms with van der Waals surface area (Å²) in [6, 6.07) is 1.55. The maximum atomic E-state index is 12.4. The van der Waals surface area contributed by atoms with Crippen LogP contribution in [0.4, 0.5) is 8.78 Å². The number of rotatable bonds is 2. The number of pyridine rings is 1. The Kier molecular flexibility index (Phi) is 3.33. The fourth-order valence-corrected chi connectivity index (χ4v) is 1.23. The van der Waals surface area contributed by atoms with Crippen LogP contribution in [0, 0.1) is 11.3 Å². The van der Waals surface area contributed by atoms with E-state index in [0.29, 0.717) is 0 Å². The molecule has 1 N–H and O–H groups in total.